The van der Waals surface area contributed by atoms with Gasteiger partial charge in [-0.1, -0.05) is 30.3 Å². The number of carbonyl (C=O) groups excluding carboxylic acids is 1. The molecule has 1 saturated carbocycles. The van der Waals surface area contributed by atoms with Crippen LogP contribution in [0.3, 0.4) is 0 Å². The topological polar surface area (TPSA) is 92.4 Å². The minimum absolute atomic E-state index is 0.262. The first kappa shape index (κ1) is 13.5. The van der Waals surface area contributed by atoms with Crippen LogP contribution in [0.15, 0.2) is 30.3 Å². The predicted molar refractivity (Wildman–Crippen MR) is 70.5 cm³/mol. The van der Waals surface area contributed by atoms with E-state index in [4.69, 9.17) is 5.73 Å². The molecular weight excluding hydrogens is 244 g/mol. The predicted octanol–water partition coefficient (Wildman–Crippen LogP) is 0.680. The third-order valence-corrected chi connectivity index (χ3v) is 3.58. The van der Waals surface area contributed by atoms with Gasteiger partial charge in [0, 0.05) is 6.42 Å². The third kappa shape index (κ3) is 3.12. The number of hydrogen-bond acceptors (Lipinski definition) is 3. The first-order valence-electron chi connectivity index (χ1n) is 6.38. The van der Waals surface area contributed by atoms with Crippen LogP contribution in [0.5, 0.6) is 0 Å². The molecule has 1 aliphatic rings. The van der Waals surface area contributed by atoms with E-state index in [0.717, 1.165) is 12.0 Å². The lowest BCUT2D eigenvalue weighted by Gasteiger charge is -2.37. The van der Waals surface area contributed by atoms with E-state index in [1.165, 1.54) is 0 Å². The molecule has 0 spiro atoms. The number of benzene rings is 1. The highest BCUT2D eigenvalue weighted by molar-refractivity contribution is 5.90. The Bertz CT molecular complexity index is 469. The lowest BCUT2D eigenvalue weighted by molar-refractivity contribution is -0.143. The van der Waals surface area contributed by atoms with Crippen molar-refractivity contribution >= 4 is 11.9 Å². The molecule has 1 fully saturated rings. The lowest BCUT2D eigenvalue weighted by Crippen LogP contribution is -2.61. The maximum atomic E-state index is 12.0. The van der Waals surface area contributed by atoms with Gasteiger partial charge in [0.25, 0.3) is 0 Å². The molecule has 0 heterocycles. The van der Waals surface area contributed by atoms with E-state index in [0.29, 0.717) is 12.8 Å². The summed E-state index contributed by atoms with van der Waals surface area (Å²) in [5, 5.41) is 11.7. The van der Waals surface area contributed by atoms with Gasteiger partial charge in [0.1, 0.15) is 6.04 Å². The Hall–Kier alpha value is -1.88. The zero-order valence-corrected chi connectivity index (χ0v) is 10.6. The van der Waals surface area contributed by atoms with Crippen LogP contribution in [0, 0.1) is 0 Å². The normalized spacial score (nSPS) is 18.2. The molecule has 102 valence electrons. The summed E-state index contributed by atoms with van der Waals surface area (Å²) in [5.41, 5.74) is 5.88. The molecule has 5 heteroatoms. The summed E-state index contributed by atoms with van der Waals surface area (Å²) >= 11 is 0. The van der Waals surface area contributed by atoms with Crippen molar-refractivity contribution in [3.63, 3.8) is 0 Å². The number of hydrogen-bond donors (Lipinski definition) is 3. The number of carboxylic acids is 1. The fourth-order valence-corrected chi connectivity index (χ4v) is 2.14. The summed E-state index contributed by atoms with van der Waals surface area (Å²) in [5.74, 6) is -1.40. The molecule has 1 atom stereocenters. The minimum Gasteiger partial charge on any atom is -0.480 e. The molecule has 1 aromatic rings. The fourth-order valence-electron chi connectivity index (χ4n) is 2.14. The van der Waals surface area contributed by atoms with E-state index in [-0.39, 0.29) is 12.3 Å². The van der Waals surface area contributed by atoms with Gasteiger partial charge in [-0.3, -0.25) is 4.79 Å². The Morgan fingerprint density at radius 2 is 1.95 bits per heavy atom. The maximum Gasteiger partial charge on any atom is 0.326 e. The van der Waals surface area contributed by atoms with Crippen molar-refractivity contribution in [1.29, 1.82) is 0 Å². The molecule has 0 saturated heterocycles. The highest BCUT2D eigenvalue weighted by Crippen LogP contribution is 2.29. The van der Waals surface area contributed by atoms with Gasteiger partial charge >= 0.3 is 5.97 Å². The number of amides is 1. The lowest BCUT2D eigenvalue weighted by atomic mass is 9.77. The standard InChI is InChI=1S/C14H18N2O3/c15-14(7-4-8-14)13(19)16-11(12(17)18)9-10-5-2-1-3-6-10/h1-3,5-6,11H,4,7-9,15H2,(H,16,19)(H,17,18)/t11-/m0/s1. The summed E-state index contributed by atoms with van der Waals surface area (Å²) < 4.78 is 0. The van der Waals surface area contributed by atoms with Crippen LogP contribution in [-0.2, 0) is 16.0 Å². The highest BCUT2D eigenvalue weighted by Gasteiger charge is 2.41. The second-order valence-electron chi connectivity index (χ2n) is 5.06. The number of nitrogens with one attached hydrogen (secondary N) is 1. The van der Waals surface area contributed by atoms with E-state index >= 15 is 0 Å². The maximum absolute atomic E-state index is 12.0. The molecule has 1 amide bonds. The highest BCUT2D eigenvalue weighted by atomic mass is 16.4. The number of carboxylic acid groups (broad SMARTS) is 1. The van der Waals surface area contributed by atoms with Crippen molar-refractivity contribution in [2.75, 3.05) is 0 Å². The molecule has 1 aliphatic carbocycles. The second-order valence-corrected chi connectivity index (χ2v) is 5.06. The summed E-state index contributed by atoms with van der Waals surface area (Å²) in [7, 11) is 0. The quantitative estimate of drug-likeness (QED) is 0.727. The van der Waals surface area contributed by atoms with Gasteiger partial charge in [0.15, 0.2) is 0 Å². The monoisotopic (exact) mass is 262 g/mol. The van der Waals surface area contributed by atoms with Crippen molar-refractivity contribution in [2.45, 2.75) is 37.3 Å². The van der Waals surface area contributed by atoms with E-state index in [2.05, 4.69) is 5.32 Å². The number of nitrogens with two attached hydrogens (primary N) is 1. The van der Waals surface area contributed by atoms with Crippen LogP contribution in [0.2, 0.25) is 0 Å². The van der Waals surface area contributed by atoms with E-state index in [1.54, 1.807) is 0 Å². The first-order chi connectivity index (χ1) is 9.01. The summed E-state index contributed by atoms with van der Waals surface area (Å²) in [6.07, 6.45) is 2.42. The minimum atomic E-state index is -1.04. The molecular formula is C14H18N2O3. The summed E-state index contributed by atoms with van der Waals surface area (Å²) in [4.78, 5) is 23.2. The SMILES string of the molecule is NC1(C(=O)N[C@@H](Cc2ccccc2)C(=O)O)CCC1. The van der Waals surface area contributed by atoms with Crippen LogP contribution in [0.1, 0.15) is 24.8 Å². The zero-order valence-electron chi connectivity index (χ0n) is 10.6. The van der Waals surface area contributed by atoms with Crippen LogP contribution in [0.4, 0.5) is 0 Å². The van der Waals surface area contributed by atoms with Crippen molar-refractivity contribution in [1.82, 2.24) is 5.32 Å². The fraction of sp³-hybridized carbons (Fsp3) is 0.429. The van der Waals surface area contributed by atoms with Gasteiger partial charge in [-0.15, -0.1) is 0 Å². The van der Waals surface area contributed by atoms with Gasteiger partial charge in [-0.2, -0.15) is 0 Å². The van der Waals surface area contributed by atoms with Crippen molar-refractivity contribution in [3.05, 3.63) is 35.9 Å². The van der Waals surface area contributed by atoms with Gasteiger partial charge in [-0.05, 0) is 24.8 Å². The summed E-state index contributed by atoms with van der Waals surface area (Å²) in [6, 6.07) is 8.28. The Morgan fingerprint density at radius 1 is 1.32 bits per heavy atom. The van der Waals surface area contributed by atoms with E-state index < -0.39 is 17.6 Å². The molecule has 0 bridgehead atoms. The Labute approximate surface area is 111 Å². The zero-order chi connectivity index (χ0) is 13.9. The Kier molecular flexibility index (Phi) is 3.85. The second kappa shape index (κ2) is 5.40. The van der Waals surface area contributed by atoms with Crippen LogP contribution < -0.4 is 11.1 Å². The van der Waals surface area contributed by atoms with Gasteiger partial charge < -0.3 is 16.2 Å². The largest absolute Gasteiger partial charge is 0.480 e. The number of carbonyl (C=O) groups is 2. The van der Waals surface area contributed by atoms with Gasteiger partial charge in [-0.25, -0.2) is 4.79 Å². The molecule has 1 aromatic carbocycles. The average Bonchev–Trinajstić information content (AvgIpc) is 2.36. The van der Waals surface area contributed by atoms with Crippen molar-refractivity contribution < 1.29 is 14.7 Å². The number of rotatable bonds is 5. The third-order valence-electron chi connectivity index (χ3n) is 3.58. The Morgan fingerprint density at radius 3 is 2.42 bits per heavy atom. The molecule has 0 aromatic heterocycles. The average molecular weight is 262 g/mol. The van der Waals surface area contributed by atoms with Gasteiger partial charge in [0.05, 0.1) is 5.54 Å². The Balaban J connectivity index is 2.01. The number of aliphatic carboxylic acids is 1. The molecule has 19 heavy (non-hydrogen) atoms. The molecule has 5 nitrogen and oxygen atoms in total. The van der Waals surface area contributed by atoms with Crippen molar-refractivity contribution in [2.24, 2.45) is 5.73 Å². The van der Waals surface area contributed by atoms with E-state index in [9.17, 15) is 14.7 Å². The molecule has 0 radical (unpaired) electrons. The molecule has 2 rings (SSSR count). The summed E-state index contributed by atoms with van der Waals surface area (Å²) in [6.45, 7) is 0. The molecule has 0 aliphatic heterocycles. The molecule has 0 unspecified atom stereocenters. The van der Waals surface area contributed by atoms with Crippen LogP contribution >= 0.6 is 0 Å². The molecule has 4 N–H and O–H groups in total. The van der Waals surface area contributed by atoms with Gasteiger partial charge in [0.2, 0.25) is 5.91 Å². The first-order valence-corrected chi connectivity index (χ1v) is 6.38. The van der Waals surface area contributed by atoms with Crippen LogP contribution in [-0.4, -0.2) is 28.6 Å². The van der Waals surface area contributed by atoms with Crippen molar-refractivity contribution in [3.8, 4) is 0 Å². The van der Waals surface area contributed by atoms with E-state index in [1.807, 2.05) is 30.3 Å². The smallest absolute Gasteiger partial charge is 0.326 e. The van der Waals surface area contributed by atoms with Crippen LogP contribution in [0.25, 0.3) is 0 Å².